The number of hydrogen-bond donors (Lipinski definition) is 1. The first-order chi connectivity index (χ1) is 12.5. The standard InChI is InChI=1S/C20H26N4O2/c1-15(2)8-12-24(20(26)18-14-21-10-11-22-18)13-9-19(25)23-17-6-4-16(3)5-7-17/h4-7,10-11,14-15H,8-9,12-13H2,1-3H3,(H,23,25). The molecule has 1 aromatic heterocycles. The van der Waals surface area contributed by atoms with E-state index in [0.717, 1.165) is 17.7 Å². The lowest BCUT2D eigenvalue weighted by molar-refractivity contribution is -0.116. The number of rotatable bonds is 8. The lowest BCUT2D eigenvalue weighted by atomic mass is 10.1. The number of hydrogen-bond acceptors (Lipinski definition) is 4. The zero-order valence-electron chi connectivity index (χ0n) is 15.6. The van der Waals surface area contributed by atoms with Gasteiger partial charge in [0.2, 0.25) is 5.91 Å². The van der Waals surface area contributed by atoms with Crippen LogP contribution in [-0.4, -0.2) is 39.8 Å². The molecule has 26 heavy (non-hydrogen) atoms. The highest BCUT2D eigenvalue weighted by atomic mass is 16.2. The maximum Gasteiger partial charge on any atom is 0.274 e. The second-order valence-corrected chi connectivity index (χ2v) is 6.73. The second-order valence-electron chi connectivity index (χ2n) is 6.73. The van der Waals surface area contributed by atoms with Crippen molar-refractivity contribution < 1.29 is 9.59 Å². The molecule has 138 valence electrons. The molecule has 1 N–H and O–H groups in total. The molecule has 0 aliphatic heterocycles. The van der Waals surface area contributed by atoms with Crippen LogP contribution in [0, 0.1) is 12.8 Å². The van der Waals surface area contributed by atoms with Gasteiger partial charge < -0.3 is 10.2 Å². The van der Waals surface area contributed by atoms with Crippen LogP contribution >= 0.6 is 0 Å². The maximum atomic E-state index is 12.7. The Morgan fingerprint density at radius 3 is 2.46 bits per heavy atom. The molecule has 0 aliphatic carbocycles. The van der Waals surface area contributed by atoms with Gasteiger partial charge in [0.15, 0.2) is 0 Å². The summed E-state index contributed by atoms with van der Waals surface area (Å²) in [7, 11) is 0. The van der Waals surface area contributed by atoms with E-state index in [9.17, 15) is 9.59 Å². The molecule has 2 amide bonds. The molecule has 0 atom stereocenters. The first kappa shape index (κ1) is 19.6. The van der Waals surface area contributed by atoms with Gasteiger partial charge in [0, 0.05) is 37.6 Å². The molecule has 0 aliphatic rings. The Balaban J connectivity index is 1.96. The van der Waals surface area contributed by atoms with Crippen molar-refractivity contribution in [3.8, 4) is 0 Å². The van der Waals surface area contributed by atoms with Crippen LogP contribution in [0.2, 0.25) is 0 Å². The summed E-state index contributed by atoms with van der Waals surface area (Å²) in [5.41, 5.74) is 2.20. The Morgan fingerprint density at radius 2 is 1.85 bits per heavy atom. The molecule has 0 unspecified atom stereocenters. The number of anilines is 1. The highest BCUT2D eigenvalue weighted by Crippen LogP contribution is 2.10. The van der Waals surface area contributed by atoms with Crippen molar-refractivity contribution in [1.82, 2.24) is 14.9 Å². The number of aryl methyl sites for hydroxylation is 1. The average Bonchev–Trinajstić information content (AvgIpc) is 2.63. The fourth-order valence-corrected chi connectivity index (χ4v) is 2.40. The average molecular weight is 354 g/mol. The molecule has 6 nitrogen and oxygen atoms in total. The Labute approximate surface area is 154 Å². The lowest BCUT2D eigenvalue weighted by Crippen LogP contribution is -2.35. The van der Waals surface area contributed by atoms with Crippen LogP contribution in [0.4, 0.5) is 5.69 Å². The minimum absolute atomic E-state index is 0.115. The van der Waals surface area contributed by atoms with Crippen LogP contribution in [0.3, 0.4) is 0 Å². The van der Waals surface area contributed by atoms with Crippen LogP contribution in [-0.2, 0) is 4.79 Å². The molecule has 1 heterocycles. The Kier molecular flexibility index (Phi) is 7.26. The van der Waals surface area contributed by atoms with Crippen molar-refractivity contribution in [2.75, 3.05) is 18.4 Å². The van der Waals surface area contributed by atoms with E-state index in [1.807, 2.05) is 31.2 Å². The third-order valence-electron chi connectivity index (χ3n) is 3.99. The molecule has 0 saturated carbocycles. The van der Waals surface area contributed by atoms with E-state index in [1.165, 1.54) is 18.6 Å². The number of aromatic nitrogens is 2. The predicted octanol–water partition coefficient (Wildman–Crippen LogP) is 3.30. The van der Waals surface area contributed by atoms with Gasteiger partial charge in [-0.05, 0) is 31.4 Å². The zero-order chi connectivity index (χ0) is 18.9. The smallest absolute Gasteiger partial charge is 0.274 e. The highest BCUT2D eigenvalue weighted by molar-refractivity contribution is 5.93. The molecule has 0 spiro atoms. The third-order valence-corrected chi connectivity index (χ3v) is 3.99. The summed E-state index contributed by atoms with van der Waals surface area (Å²) < 4.78 is 0. The molecular formula is C20H26N4O2. The molecule has 2 rings (SSSR count). The molecule has 2 aromatic rings. The largest absolute Gasteiger partial charge is 0.337 e. The number of carbonyl (C=O) groups excluding carboxylic acids is 2. The van der Waals surface area contributed by atoms with Crippen LogP contribution in [0.5, 0.6) is 0 Å². The molecule has 0 bridgehead atoms. The number of nitrogens with one attached hydrogen (secondary N) is 1. The van der Waals surface area contributed by atoms with Crippen molar-refractivity contribution in [1.29, 1.82) is 0 Å². The van der Waals surface area contributed by atoms with Crippen molar-refractivity contribution in [3.05, 3.63) is 54.1 Å². The van der Waals surface area contributed by atoms with Crippen molar-refractivity contribution >= 4 is 17.5 Å². The van der Waals surface area contributed by atoms with E-state index in [2.05, 4.69) is 29.1 Å². The number of benzene rings is 1. The van der Waals surface area contributed by atoms with Crippen LogP contribution in [0.15, 0.2) is 42.9 Å². The number of carbonyl (C=O) groups is 2. The van der Waals surface area contributed by atoms with Crippen molar-refractivity contribution in [2.45, 2.75) is 33.6 Å². The van der Waals surface area contributed by atoms with Gasteiger partial charge in [0.25, 0.3) is 5.91 Å². The summed E-state index contributed by atoms with van der Waals surface area (Å²) in [6.45, 7) is 7.14. The summed E-state index contributed by atoms with van der Waals surface area (Å²) in [4.78, 5) is 34.6. The van der Waals surface area contributed by atoms with E-state index in [1.54, 1.807) is 4.90 Å². The minimum atomic E-state index is -0.193. The van der Waals surface area contributed by atoms with E-state index in [0.29, 0.717) is 24.7 Å². The quantitative estimate of drug-likeness (QED) is 0.789. The molecular weight excluding hydrogens is 328 g/mol. The van der Waals surface area contributed by atoms with Gasteiger partial charge in [-0.15, -0.1) is 0 Å². The molecule has 0 saturated heterocycles. The minimum Gasteiger partial charge on any atom is -0.337 e. The van der Waals surface area contributed by atoms with Gasteiger partial charge in [-0.3, -0.25) is 14.6 Å². The third kappa shape index (κ3) is 6.27. The molecule has 0 radical (unpaired) electrons. The van der Waals surface area contributed by atoms with E-state index >= 15 is 0 Å². The second kappa shape index (κ2) is 9.65. The topological polar surface area (TPSA) is 75.2 Å². The van der Waals surface area contributed by atoms with Crippen molar-refractivity contribution in [3.63, 3.8) is 0 Å². The van der Waals surface area contributed by atoms with E-state index < -0.39 is 0 Å². The highest BCUT2D eigenvalue weighted by Gasteiger charge is 2.18. The van der Waals surface area contributed by atoms with Gasteiger partial charge in [-0.25, -0.2) is 4.98 Å². The Bertz CT molecular complexity index is 714. The Hall–Kier alpha value is -2.76. The molecule has 0 fully saturated rings. The van der Waals surface area contributed by atoms with E-state index in [4.69, 9.17) is 0 Å². The number of amides is 2. The summed E-state index contributed by atoms with van der Waals surface area (Å²) in [5, 5.41) is 2.86. The zero-order valence-corrected chi connectivity index (χ0v) is 15.6. The molecule has 6 heteroatoms. The fourth-order valence-electron chi connectivity index (χ4n) is 2.40. The summed E-state index contributed by atoms with van der Waals surface area (Å²) in [5.74, 6) is 0.158. The maximum absolute atomic E-state index is 12.7. The monoisotopic (exact) mass is 354 g/mol. The predicted molar refractivity (Wildman–Crippen MR) is 102 cm³/mol. The van der Waals surface area contributed by atoms with E-state index in [-0.39, 0.29) is 18.2 Å². The molecule has 1 aromatic carbocycles. The van der Waals surface area contributed by atoms with Crippen LogP contribution < -0.4 is 5.32 Å². The first-order valence-corrected chi connectivity index (χ1v) is 8.87. The SMILES string of the molecule is Cc1ccc(NC(=O)CCN(CCC(C)C)C(=O)c2cnccn2)cc1. The van der Waals surface area contributed by atoms with Gasteiger partial charge in [-0.1, -0.05) is 31.5 Å². The van der Waals surface area contributed by atoms with Crippen molar-refractivity contribution in [2.24, 2.45) is 5.92 Å². The Morgan fingerprint density at radius 1 is 1.12 bits per heavy atom. The van der Waals surface area contributed by atoms with Gasteiger partial charge in [-0.2, -0.15) is 0 Å². The fraction of sp³-hybridized carbons (Fsp3) is 0.400. The number of nitrogens with zero attached hydrogens (tertiary/aromatic N) is 3. The van der Waals surface area contributed by atoms with Crippen LogP contribution in [0.25, 0.3) is 0 Å². The van der Waals surface area contributed by atoms with Crippen LogP contribution in [0.1, 0.15) is 42.7 Å². The van der Waals surface area contributed by atoms with Gasteiger partial charge in [0.05, 0.1) is 6.20 Å². The lowest BCUT2D eigenvalue weighted by Gasteiger charge is -2.23. The van der Waals surface area contributed by atoms with Gasteiger partial charge >= 0.3 is 0 Å². The first-order valence-electron chi connectivity index (χ1n) is 8.87. The summed E-state index contributed by atoms with van der Waals surface area (Å²) >= 11 is 0. The van der Waals surface area contributed by atoms with Gasteiger partial charge in [0.1, 0.15) is 5.69 Å². The normalized spacial score (nSPS) is 10.6. The summed E-state index contributed by atoms with van der Waals surface area (Å²) in [6, 6.07) is 7.63. The summed E-state index contributed by atoms with van der Waals surface area (Å²) in [6.07, 6.45) is 5.59.